The first-order valence-electron chi connectivity index (χ1n) is 9.04. The molecule has 28 heavy (non-hydrogen) atoms. The van der Waals surface area contributed by atoms with Crippen LogP contribution in [0.2, 0.25) is 10.0 Å². The van der Waals surface area contributed by atoms with Gasteiger partial charge < -0.3 is 4.42 Å². The van der Waals surface area contributed by atoms with Crippen molar-refractivity contribution in [1.82, 2.24) is 4.98 Å². The molecule has 1 aromatic heterocycles. The van der Waals surface area contributed by atoms with Gasteiger partial charge in [-0.1, -0.05) is 43.1 Å². The quantitative estimate of drug-likeness (QED) is 0.330. The number of aryl methyl sites for hydroxylation is 2. The van der Waals surface area contributed by atoms with Crippen LogP contribution in [-0.4, -0.2) is 10.8 Å². The second kappa shape index (κ2) is 8.73. The van der Waals surface area contributed by atoms with Gasteiger partial charge in [-0.15, -0.1) is 12.6 Å². The SMILES string of the molecule is Cc1cc(C(=O)CCc2nc(-c3ccc(Cl)cc3Cl)oc2C(C)C)ccc1S. The van der Waals surface area contributed by atoms with Gasteiger partial charge in [-0.2, -0.15) is 0 Å². The Bertz CT molecular complexity index is 1030. The Labute approximate surface area is 180 Å². The van der Waals surface area contributed by atoms with Crippen molar-refractivity contribution in [3.05, 3.63) is 69.0 Å². The summed E-state index contributed by atoms with van der Waals surface area (Å²) < 4.78 is 6.00. The summed E-state index contributed by atoms with van der Waals surface area (Å²) in [5.41, 5.74) is 3.14. The fourth-order valence-corrected chi connectivity index (χ4v) is 3.61. The van der Waals surface area contributed by atoms with Crippen molar-refractivity contribution in [2.75, 3.05) is 0 Å². The molecule has 0 saturated heterocycles. The molecule has 0 N–H and O–H groups in total. The number of ketones is 1. The van der Waals surface area contributed by atoms with Crippen molar-refractivity contribution >= 4 is 41.6 Å². The van der Waals surface area contributed by atoms with Crippen LogP contribution in [-0.2, 0) is 6.42 Å². The van der Waals surface area contributed by atoms with E-state index in [2.05, 4.69) is 17.6 Å². The number of carbonyl (C=O) groups is 1. The smallest absolute Gasteiger partial charge is 0.228 e. The molecule has 3 aromatic rings. The number of hydrogen-bond acceptors (Lipinski definition) is 4. The molecule has 0 fully saturated rings. The normalized spacial score (nSPS) is 11.2. The van der Waals surface area contributed by atoms with Crippen LogP contribution in [0.1, 0.15) is 53.6 Å². The third-order valence-electron chi connectivity index (χ3n) is 4.52. The Morgan fingerprint density at radius 2 is 1.93 bits per heavy atom. The van der Waals surface area contributed by atoms with E-state index in [9.17, 15) is 4.79 Å². The minimum absolute atomic E-state index is 0.0696. The topological polar surface area (TPSA) is 43.1 Å². The molecule has 0 unspecified atom stereocenters. The summed E-state index contributed by atoms with van der Waals surface area (Å²) in [7, 11) is 0. The number of carbonyl (C=O) groups excluding carboxylic acids is 1. The van der Waals surface area contributed by atoms with E-state index in [1.165, 1.54) is 0 Å². The standard InChI is InChI=1S/C22H21Cl2NO2S/c1-12(2)21-18(7-8-19(26)14-4-9-20(28)13(3)10-14)25-22(27-21)16-6-5-15(23)11-17(16)24/h4-6,9-12,28H,7-8H2,1-3H3. The highest BCUT2D eigenvalue weighted by Gasteiger charge is 2.20. The van der Waals surface area contributed by atoms with Gasteiger partial charge in [-0.05, 0) is 42.8 Å². The number of rotatable bonds is 6. The molecular formula is C22H21Cl2NO2S. The third-order valence-corrected chi connectivity index (χ3v) is 5.57. The molecular weight excluding hydrogens is 413 g/mol. The van der Waals surface area contributed by atoms with E-state index < -0.39 is 0 Å². The van der Waals surface area contributed by atoms with Crippen LogP contribution in [0, 0.1) is 6.92 Å². The van der Waals surface area contributed by atoms with E-state index in [-0.39, 0.29) is 11.7 Å². The van der Waals surface area contributed by atoms with Crippen LogP contribution in [0.4, 0.5) is 0 Å². The average molecular weight is 434 g/mol. The highest BCUT2D eigenvalue weighted by Crippen LogP contribution is 2.33. The number of hydrogen-bond donors (Lipinski definition) is 1. The molecule has 146 valence electrons. The predicted molar refractivity (Wildman–Crippen MR) is 117 cm³/mol. The van der Waals surface area contributed by atoms with Gasteiger partial charge in [-0.3, -0.25) is 4.79 Å². The summed E-state index contributed by atoms with van der Waals surface area (Å²) in [4.78, 5) is 18.1. The molecule has 0 aliphatic rings. The molecule has 0 saturated carbocycles. The summed E-state index contributed by atoms with van der Waals surface area (Å²) in [6.45, 7) is 6.01. The molecule has 0 amide bonds. The van der Waals surface area contributed by atoms with Gasteiger partial charge in [0, 0.05) is 34.2 Å². The van der Waals surface area contributed by atoms with E-state index >= 15 is 0 Å². The second-order valence-electron chi connectivity index (χ2n) is 7.03. The lowest BCUT2D eigenvalue weighted by molar-refractivity contribution is 0.0982. The van der Waals surface area contributed by atoms with E-state index in [1.54, 1.807) is 18.2 Å². The molecule has 6 heteroatoms. The number of oxazole rings is 1. The maximum atomic E-state index is 12.6. The monoisotopic (exact) mass is 433 g/mol. The van der Waals surface area contributed by atoms with Gasteiger partial charge >= 0.3 is 0 Å². The van der Waals surface area contributed by atoms with Crippen molar-refractivity contribution in [2.45, 2.75) is 44.4 Å². The molecule has 0 bridgehead atoms. The number of Topliss-reactive ketones (excluding diaryl/α,β-unsaturated/α-hetero) is 1. The fourth-order valence-electron chi connectivity index (χ4n) is 2.98. The Morgan fingerprint density at radius 3 is 2.57 bits per heavy atom. The summed E-state index contributed by atoms with van der Waals surface area (Å²) in [5.74, 6) is 1.43. The fraction of sp³-hybridized carbons (Fsp3) is 0.273. The van der Waals surface area contributed by atoms with Crippen LogP contribution < -0.4 is 0 Å². The molecule has 0 radical (unpaired) electrons. The minimum atomic E-state index is 0.0696. The molecule has 2 aromatic carbocycles. The zero-order chi connectivity index (χ0) is 20.4. The first-order valence-corrected chi connectivity index (χ1v) is 10.2. The van der Waals surface area contributed by atoms with E-state index in [4.69, 9.17) is 27.6 Å². The molecule has 0 aliphatic heterocycles. The number of benzene rings is 2. The summed E-state index contributed by atoms with van der Waals surface area (Å²) in [6.07, 6.45) is 0.855. The lowest BCUT2D eigenvalue weighted by atomic mass is 10.0. The van der Waals surface area contributed by atoms with Gasteiger partial charge in [0.1, 0.15) is 5.76 Å². The third kappa shape index (κ3) is 4.62. The molecule has 1 heterocycles. The summed E-state index contributed by atoms with van der Waals surface area (Å²) in [6, 6.07) is 10.7. The van der Waals surface area contributed by atoms with Gasteiger partial charge in [0.05, 0.1) is 16.3 Å². The van der Waals surface area contributed by atoms with Crippen molar-refractivity contribution in [2.24, 2.45) is 0 Å². The second-order valence-corrected chi connectivity index (χ2v) is 8.36. The maximum Gasteiger partial charge on any atom is 0.228 e. The number of thiol groups is 1. The Kier molecular flexibility index (Phi) is 6.54. The lowest BCUT2D eigenvalue weighted by Crippen LogP contribution is -2.04. The molecule has 0 spiro atoms. The van der Waals surface area contributed by atoms with Crippen molar-refractivity contribution in [3.63, 3.8) is 0 Å². The first-order chi connectivity index (χ1) is 13.3. The molecule has 3 rings (SSSR count). The minimum Gasteiger partial charge on any atom is -0.441 e. The Hall–Kier alpha value is -1.75. The lowest BCUT2D eigenvalue weighted by Gasteiger charge is -2.05. The van der Waals surface area contributed by atoms with E-state index in [0.29, 0.717) is 39.9 Å². The number of halogens is 2. The van der Waals surface area contributed by atoms with Crippen molar-refractivity contribution in [1.29, 1.82) is 0 Å². The van der Waals surface area contributed by atoms with Crippen molar-refractivity contribution < 1.29 is 9.21 Å². The van der Waals surface area contributed by atoms with Gasteiger partial charge in [0.2, 0.25) is 5.89 Å². The van der Waals surface area contributed by atoms with Crippen LogP contribution in [0.3, 0.4) is 0 Å². The maximum absolute atomic E-state index is 12.6. The van der Waals surface area contributed by atoms with Gasteiger partial charge in [0.15, 0.2) is 5.78 Å². The van der Waals surface area contributed by atoms with Crippen molar-refractivity contribution in [3.8, 4) is 11.5 Å². The Balaban J connectivity index is 1.84. The van der Waals surface area contributed by atoms with Crippen LogP contribution in [0.5, 0.6) is 0 Å². The van der Waals surface area contributed by atoms with Crippen LogP contribution >= 0.6 is 35.8 Å². The van der Waals surface area contributed by atoms with Gasteiger partial charge in [-0.25, -0.2) is 4.98 Å². The van der Waals surface area contributed by atoms with Crippen LogP contribution in [0.25, 0.3) is 11.5 Å². The zero-order valence-corrected chi connectivity index (χ0v) is 18.3. The molecule has 0 aliphatic carbocycles. The molecule has 0 atom stereocenters. The van der Waals surface area contributed by atoms with Crippen LogP contribution in [0.15, 0.2) is 45.7 Å². The molecule has 3 nitrogen and oxygen atoms in total. The number of nitrogens with zero attached hydrogens (tertiary/aromatic N) is 1. The van der Waals surface area contributed by atoms with Gasteiger partial charge in [0.25, 0.3) is 0 Å². The average Bonchev–Trinajstić information content (AvgIpc) is 3.06. The largest absolute Gasteiger partial charge is 0.441 e. The Morgan fingerprint density at radius 1 is 1.18 bits per heavy atom. The highest BCUT2D eigenvalue weighted by atomic mass is 35.5. The van der Waals surface area contributed by atoms with E-state index in [0.717, 1.165) is 21.9 Å². The predicted octanol–water partition coefficient (Wildman–Crippen LogP) is 7.18. The number of aromatic nitrogens is 1. The van der Waals surface area contributed by atoms with E-state index in [1.807, 2.05) is 39.0 Å². The summed E-state index contributed by atoms with van der Waals surface area (Å²) >= 11 is 16.6. The summed E-state index contributed by atoms with van der Waals surface area (Å²) in [5, 5.41) is 1.03. The first kappa shape index (κ1) is 21.0. The highest BCUT2D eigenvalue weighted by molar-refractivity contribution is 7.80. The zero-order valence-electron chi connectivity index (χ0n) is 15.9.